The Kier molecular flexibility index (Phi) is 1.81. The van der Waals surface area contributed by atoms with Crippen molar-refractivity contribution in [2.24, 2.45) is 5.84 Å². The quantitative estimate of drug-likeness (QED) is 0.337. The number of hydrogen-bond donors (Lipinski definition) is 2. The highest BCUT2D eigenvalue weighted by atomic mass is 32.1. The standard InChI is InChI=1S/C5H6N2OS/c6-7-5(8)4-2-1-3-9-4/h1-3H,6H2,(H,7,8)/i5-1. The van der Waals surface area contributed by atoms with Crippen molar-refractivity contribution in [2.75, 3.05) is 0 Å². The zero-order valence-electron chi connectivity index (χ0n) is 4.63. The number of hydrogen-bond acceptors (Lipinski definition) is 3. The predicted molar refractivity (Wildman–Crippen MR) is 36.0 cm³/mol. The minimum Gasteiger partial charge on any atom is -0.289 e. The first-order valence-electron chi connectivity index (χ1n) is 2.39. The third kappa shape index (κ3) is 1.28. The average Bonchev–Trinajstić information content (AvgIpc) is 2.37. The molecule has 48 valence electrons. The smallest absolute Gasteiger partial charge is 0.275 e. The number of hydrazine groups is 1. The van der Waals surface area contributed by atoms with Gasteiger partial charge in [0, 0.05) is 0 Å². The fourth-order valence-electron chi connectivity index (χ4n) is 0.479. The van der Waals surface area contributed by atoms with Crippen molar-refractivity contribution in [3.05, 3.63) is 22.4 Å². The fourth-order valence-corrected chi connectivity index (χ4v) is 1.11. The lowest BCUT2D eigenvalue weighted by Gasteiger charge is -1.90. The van der Waals surface area contributed by atoms with E-state index in [4.69, 9.17) is 5.84 Å². The molecule has 0 atom stereocenters. The van der Waals surface area contributed by atoms with E-state index in [1.165, 1.54) is 11.3 Å². The maximum Gasteiger partial charge on any atom is 0.275 e. The maximum absolute atomic E-state index is 10.6. The second-order valence-corrected chi connectivity index (χ2v) is 2.40. The van der Waals surface area contributed by atoms with Gasteiger partial charge in [0.1, 0.15) is 0 Å². The molecule has 1 aromatic rings. The van der Waals surface area contributed by atoms with Crippen molar-refractivity contribution >= 4 is 17.2 Å². The van der Waals surface area contributed by atoms with Crippen LogP contribution in [-0.4, -0.2) is 5.91 Å². The summed E-state index contributed by atoms with van der Waals surface area (Å²) in [7, 11) is 0. The molecule has 0 aliphatic carbocycles. The van der Waals surface area contributed by atoms with Crippen molar-refractivity contribution in [2.45, 2.75) is 0 Å². The van der Waals surface area contributed by atoms with Gasteiger partial charge in [-0.2, -0.15) is 0 Å². The van der Waals surface area contributed by atoms with E-state index in [9.17, 15) is 4.79 Å². The zero-order valence-corrected chi connectivity index (χ0v) is 5.44. The Morgan fingerprint density at radius 1 is 1.78 bits per heavy atom. The summed E-state index contributed by atoms with van der Waals surface area (Å²) in [5, 5.41) is 1.82. The molecule has 9 heavy (non-hydrogen) atoms. The Morgan fingerprint density at radius 3 is 3.00 bits per heavy atom. The van der Waals surface area contributed by atoms with E-state index < -0.39 is 0 Å². The molecule has 1 aromatic heterocycles. The monoisotopic (exact) mass is 141 g/mol. The average molecular weight is 141 g/mol. The number of carbonyl (C=O) groups excluding carboxylic acids is 1. The summed E-state index contributed by atoms with van der Waals surface area (Å²) >= 11 is 1.36. The van der Waals surface area contributed by atoms with Crippen LogP contribution in [0.1, 0.15) is 9.67 Å². The van der Waals surface area contributed by atoms with E-state index in [0.717, 1.165) is 0 Å². The molecule has 0 spiro atoms. The zero-order chi connectivity index (χ0) is 6.69. The number of rotatable bonds is 1. The largest absolute Gasteiger partial charge is 0.289 e. The van der Waals surface area contributed by atoms with Crippen molar-refractivity contribution in [3.63, 3.8) is 0 Å². The predicted octanol–water partition coefficient (Wildman–Crippen LogP) is 0.352. The Morgan fingerprint density at radius 2 is 2.56 bits per heavy atom. The van der Waals surface area contributed by atoms with Crippen LogP contribution in [0.25, 0.3) is 0 Å². The minimum absolute atomic E-state index is 0.231. The molecule has 0 aliphatic rings. The van der Waals surface area contributed by atoms with Crippen LogP contribution < -0.4 is 11.3 Å². The molecule has 1 amide bonds. The van der Waals surface area contributed by atoms with Crippen molar-refractivity contribution < 1.29 is 4.79 Å². The van der Waals surface area contributed by atoms with Crippen LogP contribution in [-0.2, 0) is 0 Å². The van der Waals surface area contributed by atoms with E-state index >= 15 is 0 Å². The van der Waals surface area contributed by atoms with Gasteiger partial charge in [-0.15, -0.1) is 11.3 Å². The Bertz CT molecular complexity index is 195. The van der Waals surface area contributed by atoms with Crippen molar-refractivity contribution in [1.29, 1.82) is 0 Å². The molecule has 0 saturated heterocycles. The number of thiophene rings is 1. The fraction of sp³-hybridized carbons (Fsp3) is 0. The lowest BCUT2D eigenvalue weighted by molar-refractivity contribution is 0.0957. The van der Waals surface area contributed by atoms with E-state index in [0.29, 0.717) is 4.88 Å². The number of carbonyl (C=O) groups is 1. The first-order chi connectivity index (χ1) is 4.34. The lowest BCUT2D eigenvalue weighted by atomic mass is 10.0. The highest BCUT2D eigenvalue weighted by molar-refractivity contribution is 7.12. The molecule has 0 radical (unpaired) electrons. The van der Waals surface area contributed by atoms with Crippen LogP contribution in [0.3, 0.4) is 0 Å². The number of nitrogens with two attached hydrogens (primary N) is 1. The molecule has 0 aromatic carbocycles. The first-order valence-corrected chi connectivity index (χ1v) is 3.27. The third-order valence-corrected chi connectivity index (χ3v) is 1.74. The topological polar surface area (TPSA) is 55.1 Å². The molecular weight excluding hydrogens is 135 g/mol. The normalized spacial score (nSPS) is 9.00. The van der Waals surface area contributed by atoms with Gasteiger partial charge in [0.25, 0.3) is 5.91 Å². The summed E-state index contributed by atoms with van der Waals surface area (Å²) in [5.74, 6) is 4.64. The second-order valence-electron chi connectivity index (χ2n) is 1.45. The molecule has 0 unspecified atom stereocenters. The van der Waals surface area contributed by atoms with Crippen molar-refractivity contribution in [3.8, 4) is 0 Å². The highest BCUT2D eigenvalue weighted by Crippen LogP contribution is 2.06. The van der Waals surface area contributed by atoms with Gasteiger partial charge in [0.15, 0.2) is 0 Å². The maximum atomic E-state index is 10.6. The second kappa shape index (κ2) is 2.61. The number of amides is 1. The number of nitrogen functional groups attached to an aromatic ring is 1. The minimum atomic E-state index is -0.231. The molecule has 0 saturated carbocycles. The molecule has 1 rings (SSSR count). The molecule has 3 nitrogen and oxygen atoms in total. The molecule has 0 aliphatic heterocycles. The van der Waals surface area contributed by atoms with Gasteiger partial charge >= 0.3 is 0 Å². The Hall–Kier alpha value is -0.870. The van der Waals surface area contributed by atoms with Crippen molar-refractivity contribution in [1.82, 2.24) is 5.43 Å². The van der Waals surface area contributed by atoms with Crippen LogP contribution in [0, 0.1) is 0 Å². The van der Waals surface area contributed by atoms with Gasteiger partial charge in [-0.1, -0.05) is 6.07 Å². The summed E-state index contributed by atoms with van der Waals surface area (Å²) in [6.07, 6.45) is 0. The van der Waals surface area contributed by atoms with E-state index in [-0.39, 0.29) is 5.91 Å². The van der Waals surface area contributed by atoms with Gasteiger partial charge in [-0.05, 0) is 11.4 Å². The van der Waals surface area contributed by atoms with E-state index in [2.05, 4.69) is 0 Å². The van der Waals surface area contributed by atoms with Crippen LogP contribution in [0.15, 0.2) is 17.5 Å². The van der Waals surface area contributed by atoms with Gasteiger partial charge < -0.3 is 0 Å². The van der Waals surface area contributed by atoms with Gasteiger partial charge in [-0.25, -0.2) is 5.84 Å². The lowest BCUT2D eigenvalue weighted by Crippen LogP contribution is -2.29. The van der Waals surface area contributed by atoms with Gasteiger partial charge in [0.05, 0.1) is 4.88 Å². The summed E-state index contributed by atoms with van der Waals surface area (Å²) in [6.45, 7) is 0. The highest BCUT2D eigenvalue weighted by Gasteiger charge is 2.00. The van der Waals surface area contributed by atoms with Gasteiger partial charge in [-0.3, -0.25) is 10.2 Å². The van der Waals surface area contributed by atoms with E-state index in [1.807, 2.05) is 10.8 Å². The summed E-state index contributed by atoms with van der Waals surface area (Å²) in [5.41, 5.74) is 2.04. The SMILES string of the molecule is NN[11C](=O)c1cccs1. The molecule has 4 heteroatoms. The molecule has 0 bridgehead atoms. The molecular formula is C5H6N2OS. The van der Waals surface area contributed by atoms with Crippen LogP contribution >= 0.6 is 11.3 Å². The summed E-state index contributed by atoms with van der Waals surface area (Å²) in [6, 6.07) is 3.52. The van der Waals surface area contributed by atoms with Crippen LogP contribution in [0.4, 0.5) is 0 Å². The summed E-state index contributed by atoms with van der Waals surface area (Å²) in [4.78, 5) is 11.3. The molecule has 1 heterocycles. The first kappa shape index (κ1) is 6.25. The van der Waals surface area contributed by atoms with Crippen LogP contribution in [0.5, 0.6) is 0 Å². The summed E-state index contributed by atoms with van der Waals surface area (Å²) < 4.78 is 0. The van der Waals surface area contributed by atoms with Crippen LogP contribution in [0.2, 0.25) is 0 Å². The Labute approximate surface area is 56.5 Å². The molecule has 0 fully saturated rings. The molecule has 3 N–H and O–H groups in total. The third-order valence-electron chi connectivity index (χ3n) is 0.876. The van der Waals surface area contributed by atoms with E-state index in [1.54, 1.807) is 12.1 Å². The Balaban J connectivity index is 2.77. The number of nitrogens with one attached hydrogen (secondary N) is 1. The van der Waals surface area contributed by atoms with Gasteiger partial charge in [0.2, 0.25) is 0 Å².